The van der Waals surface area contributed by atoms with Gasteiger partial charge in [-0.3, -0.25) is 25.0 Å². The lowest BCUT2D eigenvalue weighted by atomic mass is 10.00. The maximum atomic E-state index is 12.6. The van der Waals surface area contributed by atoms with Crippen LogP contribution in [0.1, 0.15) is 73.8 Å². The third-order valence-corrected chi connectivity index (χ3v) is 22.4. The smallest absolute Gasteiger partial charge is 0.285 e. The molecule has 4 aliphatic heterocycles. The summed E-state index contributed by atoms with van der Waals surface area (Å²) in [4.78, 5) is 96.8. The molecular formula is C92H64BrCl3N16O14. The highest BCUT2D eigenvalue weighted by Crippen LogP contribution is 2.47. The molecule has 30 nitrogen and oxygen atoms in total. The van der Waals surface area contributed by atoms with Gasteiger partial charge >= 0.3 is 0 Å². The van der Waals surface area contributed by atoms with Gasteiger partial charge in [-0.05, 0) is 119 Å². The van der Waals surface area contributed by atoms with Gasteiger partial charge < -0.3 is 69.9 Å². The number of aliphatic imine (C=N–C) groups is 4. The molecule has 17 aromatic rings. The summed E-state index contributed by atoms with van der Waals surface area (Å²) in [6, 6.07) is 69.1. The van der Waals surface area contributed by atoms with Crippen LogP contribution in [0, 0.1) is 32.1 Å². The fraction of sp³-hybridized carbons (Fsp3) is 0.0652. The van der Waals surface area contributed by atoms with Crippen LogP contribution in [-0.2, 0) is 21.1 Å². The van der Waals surface area contributed by atoms with Crippen molar-refractivity contribution in [3.63, 3.8) is 0 Å². The molecule has 0 bridgehead atoms. The molecule has 10 heterocycles. The molecule has 0 unspecified atom stereocenters. The molecule has 0 saturated heterocycles. The number of nitrogens with one attached hydrogen (secondary N) is 6. The van der Waals surface area contributed by atoms with Gasteiger partial charge in [0.15, 0.2) is 29.4 Å². The maximum Gasteiger partial charge on any atom is 0.285 e. The van der Waals surface area contributed by atoms with E-state index in [1.807, 2.05) is 165 Å². The molecule has 34 heteroatoms. The van der Waals surface area contributed by atoms with Crippen LogP contribution in [0.25, 0.3) is 76.7 Å². The highest BCUT2D eigenvalue weighted by Gasteiger charge is 2.36. The van der Waals surface area contributed by atoms with Crippen LogP contribution in [0.2, 0.25) is 15.1 Å². The standard InChI is InChI=1S/C23H16ClN3O2.C19H15Cl2N3O2.C18H14N4O4.C16H8BrN3O4.C16H11N3O2/c24-15-10-11-16-19(12-15)26-23(28)20(16)22-21(17-8-4-5-9-18(17)25-22)27-29-13-14-6-2-1-3-7-14;1-2-7-26-24-17-10-5-3-4-6-14(10)22-18(17)16-11-8-12(20)13(21)9-15(11)23-19(16)25;1-9-7-11-13(8-14(9)22(24)25)20-18(23)15(11)17-16(21-26-2)10-5-3-4-6-12(10)19-17;17-9-5-8-11(6-12(9)20(23)24)19-16(22)13(8)14-15(21)7-3-1-2-4-10(7)18-14;20-16-13(9-5-1-3-7-11(9)18-16)15-14(19-21)10-6-2-4-8-12(10)17-15/h1-12,26,28H,13H2;3-6,8-9,23,25H,2,7H2,1H3;3-8,20,23H,1-2H3;1-6,19,22H;1-8,17-18,20H/b27-21+;24-17+;21-16+;;. The summed E-state index contributed by atoms with van der Waals surface area (Å²) >= 11 is 21.5. The van der Waals surface area contributed by atoms with Crippen LogP contribution in [0.3, 0.4) is 0 Å². The Kier molecular flexibility index (Phi) is 22.6. The molecule has 126 heavy (non-hydrogen) atoms. The minimum absolute atomic E-state index is 0.0181. The number of aromatic amines is 6. The highest BCUT2D eigenvalue weighted by molar-refractivity contribution is 9.10. The number of benzene rings is 11. The van der Waals surface area contributed by atoms with E-state index in [2.05, 4.69) is 81.5 Å². The summed E-state index contributed by atoms with van der Waals surface area (Å²) in [5, 5.41) is 95.8. The minimum atomic E-state index is -0.533. The number of H-pyrrole nitrogens is 6. The van der Waals surface area contributed by atoms with Crippen molar-refractivity contribution in [3.05, 3.63) is 331 Å². The molecule has 11 aromatic carbocycles. The Morgan fingerprint density at radius 2 is 0.841 bits per heavy atom. The number of halogens is 4. The number of nitro groups is 2. The first-order valence-electron chi connectivity index (χ1n) is 38.5. The van der Waals surface area contributed by atoms with Crippen molar-refractivity contribution in [1.82, 2.24) is 29.9 Å². The van der Waals surface area contributed by atoms with Crippen LogP contribution in [0.5, 0.6) is 29.4 Å². The van der Waals surface area contributed by atoms with E-state index in [4.69, 9.17) is 54.3 Å². The lowest BCUT2D eigenvalue weighted by Crippen LogP contribution is -2.13. The van der Waals surface area contributed by atoms with Crippen LogP contribution >= 0.6 is 50.7 Å². The normalized spacial score (nSPS) is 13.7. The summed E-state index contributed by atoms with van der Waals surface area (Å²) in [6.07, 6.45) is 0.845. The minimum Gasteiger partial charge on any atom is -0.494 e. The maximum absolute atomic E-state index is 12.6. The number of aromatic nitrogens is 6. The topological polar surface area (TPSA) is 443 Å². The number of hydrogen-bond acceptors (Lipinski definition) is 22. The fourth-order valence-electron chi connectivity index (χ4n) is 15.2. The summed E-state index contributed by atoms with van der Waals surface area (Å²) in [5.74, 6) is -0.658. The second-order valence-corrected chi connectivity index (χ2v) is 30.8. The third-order valence-electron chi connectivity index (χ3n) is 20.9. The van der Waals surface area contributed by atoms with E-state index in [0.29, 0.717) is 151 Å². The van der Waals surface area contributed by atoms with Crippen LogP contribution < -0.4 is 0 Å². The summed E-state index contributed by atoms with van der Waals surface area (Å²) < 4.78 is 0.254. The van der Waals surface area contributed by atoms with Crippen molar-refractivity contribution in [3.8, 4) is 40.7 Å². The van der Waals surface area contributed by atoms with Gasteiger partial charge in [-0.15, -0.1) is 4.91 Å². The molecule has 4 aliphatic rings. The van der Waals surface area contributed by atoms with E-state index in [9.17, 15) is 55.5 Å². The summed E-state index contributed by atoms with van der Waals surface area (Å²) in [6.45, 7) is 4.51. The average Bonchev–Trinajstić information content (AvgIpc) is 1.59. The van der Waals surface area contributed by atoms with Gasteiger partial charge in [-0.2, -0.15) is 0 Å². The van der Waals surface area contributed by atoms with Gasteiger partial charge in [0.1, 0.15) is 66.0 Å². The number of nitro benzene ring substituents is 2. The van der Waals surface area contributed by atoms with Crippen LogP contribution in [0.15, 0.2) is 276 Å². The van der Waals surface area contributed by atoms with E-state index in [-0.39, 0.29) is 62.3 Å². The van der Waals surface area contributed by atoms with Crippen molar-refractivity contribution in [2.75, 3.05) is 13.7 Å². The third kappa shape index (κ3) is 15.5. The van der Waals surface area contributed by atoms with Crippen molar-refractivity contribution in [2.24, 2.45) is 40.6 Å². The first kappa shape index (κ1) is 82.5. The van der Waals surface area contributed by atoms with Crippen molar-refractivity contribution in [2.45, 2.75) is 26.9 Å². The predicted octanol–water partition coefficient (Wildman–Crippen LogP) is 22.9. The molecule has 11 N–H and O–H groups in total. The predicted molar refractivity (Wildman–Crippen MR) is 492 cm³/mol. The molecule has 0 amide bonds. The number of hydrogen-bond donors (Lipinski definition) is 11. The number of fused-ring (bicyclic) bond motifs is 10. The second-order valence-electron chi connectivity index (χ2n) is 28.7. The summed E-state index contributed by atoms with van der Waals surface area (Å²) in [7, 11) is 1.44. The molecular weight excluding hydrogens is 1740 g/mol. The number of carbonyl (C=O) groups is 1. The van der Waals surface area contributed by atoms with Gasteiger partial charge in [0, 0.05) is 88.3 Å². The fourth-order valence-corrected chi connectivity index (χ4v) is 16.2. The Labute approximate surface area is 734 Å². The Morgan fingerprint density at radius 1 is 0.429 bits per heavy atom. The van der Waals surface area contributed by atoms with E-state index >= 15 is 0 Å². The summed E-state index contributed by atoms with van der Waals surface area (Å²) in [5.41, 5.74) is 17.4. The van der Waals surface area contributed by atoms with Crippen molar-refractivity contribution < 1.29 is 54.7 Å². The van der Waals surface area contributed by atoms with Crippen molar-refractivity contribution in [1.29, 1.82) is 0 Å². The van der Waals surface area contributed by atoms with Gasteiger partial charge in [-0.1, -0.05) is 197 Å². The zero-order valence-electron chi connectivity index (χ0n) is 66.0. The molecule has 624 valence electrons. The largest absolute Gasteiger partial charge is 0.494 e. The molecule has 0 fully saturated rings. The molecule has 0 atom stereocenters. The number of aryl methyl sites for hydroxylation is 1. The number of carbonyl (C=O) groups excluding carboxylic acids is 1. The number of Topliss-reactive ketones (excluding diaryl/α,β-unsaturated/α-hetero) is 1. The Balaban J connectivity index is 0.000000112. The second kappa shape index (κ2) is 34.6. The van der Waals surface area contributed by atoms with E-state index in [1.54, 1.807) is 61.5 Å². The molecule has 6 aromatic heterocycles. The number of oxime groups is 3. The Morgan fingerprint density at radius 3 is 1.39 bits per heavy atom. The first-order valence-corrected chi connectivity index (χ1v) is 40.5. The molecule has 0 saturated carbocycles. The van der Waals surface area contributed by atoms with E-state index in [1.165, 1.54) is 25.3 Å². The first-order chi connectivity index (χ1) is 61.1. The zero-order chi connectivity index (χ0) is 87.9. The van der Waals surface area contributed by atoms with Gasteiger partial charge in [0.05, 0.1) is 103 Å². The molecule has 21 rings (SSSR count). The SMILES string of the molecule is CCCO/N=C1/C(c2c(O)[nH]c3cc(Cl)c(Cl)cc23)=Nc2ccccc21.CO/N=C1/C(c2c(O)[nH]c3cc([N+](=O)[O-])c(C)cc23)=Nc2ccccc21.O=C1C(c2c(O)[nH]c3cc([N+](=O)[O-])c(Br)cc23)=Nc2ccccc21.O=Nc1c(-c2c(O)[nH]c3ccccc23)[nH]c2ccccc12.Oc1[nH]c2cc(Cl)ccc2c1C1=Nc2ccccc2/C1=N\OCc1ccccc1. The number of ketones is 1. The highest BCUT2D eigenvalue weighted by atomic mass is 79.9. The lowest BCUT2D eigenvalue weighted by molar-refractivity contribution is -0.385. The van der Waals surface area contributed by atoms with Crippen LogP contribution in [-0.4, -0.2) is 125 Å². The lowest BCUT2D eigenvalue weighted by Gasteiger charge is -2.05. The number of nitroso groups, excluding NO2 is 1. The number of rotatable bonds is 15. The number of para-hydroxylation sites is 6. The van der Waals surface area contributed by atoms with Crippen molar-refractivity contribution >= 4 is 202 Å². The number of nitrogens with zero attached hydrogens (tertiary/aromatic N) is 10. The van der Waals surface area contributed by atoms with E-state index < -0.39 is 9.85 Å². The molecule has 0 spiro atoms. The van der Waals surface area contributed by atoms with Gasteiger partial charge in [0.2, 0.25) is 5.78 Å². The monoisotopic (exact) mass is 1800 g/mol. The van der Waals surface area contributed by atoms with Gasteiger partial charge in [0.25, 0.3) is 11.4 Å². The van der Waals surface area contributed by atoms with E-state index in [0.717, 1.165) is 72.8 Å². The number of aromatic hydroxyl groups is 5. The quantitative estimate of drug-likeness (QED) is 0.0197. The molecule has 0 aliphatic carbocycles. The molecule has 0 radical (unpaired) electrons. The average molecular weight is 1800 g/mol. The zero-order valence-corrected chi connectivity index (χ0v) is 69.8. The Hall–Kier alpha value is -15.8. The Bertz CT molecular complexity index is 7610. The van der Waals surface area contributed by atoms with Gasteiger partial charge in [-0.25, -0.2) is 20.0 Å². The van der Waals surface area contributed by atoms with Crippen LogP contribution in [0.4, 0.5) is 39.8 Å².